The summed E-state index contributed by atoms with van der Waals surface area (Å²) in [6.45, 7) is 5.94. The van der Waals surface area contributed by atoms with E-state index in [0.29, 0.717) is 18.0 Å². The summed E-state index contributed by atoms with van der Waals surface area (Å²) < 4.78 is 27.9. The zero-order chi connectivity index (χ0) is 20.7. The molecule has 0 spiro atoms. The van der Waals surface area contributed by atoms with Gasteiger partial charge >= 0.3 is 0 Å². The summed E-state index contributed by atoms with van der Waals surface area (Å²) in [5, 5.41) is 2.81. The van der Waals surface area contributed by atoms with E-state index in [-0.39, 0.29) is 16.7 Å². The maximum atomic E-state index is 12.6. The van der Waals surface area contributed by atoms with Gasteiger partial charge in [0, 0.05) is 28.0 Å². The van der Waals surface area contributed by atoms with E-state index in [1.807, 2.05) is 37.4 Å². The van der Waals surface area contributed by atoms with Crippen LogP contribution >= 0.6 is 23.5 Å². The summed E-state index contributed by atoms with van der Waals surface area (Å²) in [5.74, 6) is 0.293. The Bertz CT molecular complexity index is 911. The first kappa shape index (κ1) is 22.8. The second-order valence-electron chi connectivity index (χ2n) is 6.57. The van der Waals surface area contributed by atoms with Crippen molar-refractivity contribution in [2.45, 2.75) is 35.5 Å². The number of hydrogen-bond acceptors (Lipinski definition) is 5. The number of carbonyl (C=O) groups excluding carboxylic acids is 1. The third-order valence-electron chi connectivity index (χ3n) is 3.95. The molecule has 0 aromatic heterocycles. The maximum Gasteiger partial charge on any atom is 0.240 e. The van der Waals surface area contributed by atoms with Gasteiger partial charge in [0.25, 0.3) is 0 Å². The Kier molecular flexibility index (Phi) is 8.42. The number of carbonyl (C=O) groups is 1. The molecule has 2 rings (SSSR count). The predicted molar refractivity (Wildman–Crippen MR) is 119 cm³/mol. The molecule has 2 N–H and O–H groups in total. The van der Waals surface area contributed by atoms with Crippen LogP contribution in [0.4, 0.5) is 5.69 Å². The van der Waals surface area contributed by atoms with Crippen molar-refractivity contribution < 1.29 is 13.2 Å². The smallest absolute Gasteiger partial charge is 0.240 e. The molecule has 0 saturated carbocycles. The Hall–Kier alpha value is -1.48. The number of aryl methyl sites for hydroxylation is 1. The fourth-order valence-electron chi connectivity index (χ4n) is 2.29. The van der Waals surface area contributed by atoms with Crippen molar-refractivity contribution >= 4 is 45.1 Å². The van der Waals surface area contributed by atoms with E-state index < -0.39 is 10.0 Å². The lowest BCUT2D eigenvalue weighted by molar-refractivity contribution is -0.118. The normalized spacial score (nSPS) is 11.6. The van der Waals surface area contributed by atoms with Crippen LogP contribution in [0, 0.1) is 12.8 Å². The van der Waals surface area contributed by atoms with Crippen molar-refractivity contribution in [2.24, 2.45) is 5.92 Å². The number of thioether (sulfide) groups is 2. The molecule has 0 aliphatic rings. The molecule has 28 heavy (non-hydrogen) atoms. The van der Waals surface area contributed by atoms with E-state index >= 15 is 0 Å². The predicted octanol–water partition coefficient (Wildman–Crippen LogP) is 4.38. The van der Waals surface area contributed by atoms with E-state index in [4.69, 9.17) is 0 Å². The van der Waals surface area contributed by atoms with Gasteiger partial charge in [0.1, 0.15) is 0 Å². The molecule has 152 valence electrons. The molecular formula is C20H26N2O3S3. The van der Waals surface area contributed by atoms with Gasteiger partial charge in [-0.1, -0.05) is 31.5 Å². The number of benzene rings is 2. The molecule has 0 heterocycles. The Labute approximate surface area is 176 Å². The van der Waals surface area contributed by atoms with Crippen molar-refractivity contribution in [2.75, 3.05) is 23.9 Å². The van der Waals surface area contributed by atoms with E-state index in [1.54, 1.807) is 37.7 Å². The third-order valence-corrected chi connectivity index (χ3v) is 7.22. The van der Waals surface area contributed by atoms with Crippen LogP contribution in [0.1, 0.15) is 19.4 Å². The second kappa shape index (κ2) is 10.3. The van der Waals surface area contributed by atoms with Crippen LogP contribution < -0.4 is 10.0 Å². The van der Waals surface area contributed by atoms with E-state index in [1.165, 1.54) is 23.4 Å². The molecular weight excluding hydrogens is 412 g/mol. The highest BCUT2D eigenvalue weighted by Crippen LogP contribution is 2.28. The number of sulfonamides is 1. The molecule has 0 unspecified atom stereocenters. The van der Waals surface area contributed by atoms with Gasteiger partial charge in [-0.2, -0.15) is 0 Å². The number of nitrogens with one attached hydrogen (secondary N) is 2. The molecule has 0 fully saturated rings. The van der Waals surface area contributed by atoms with E-state index in [9.17, 15) is 13.2 Å². The molecule has 0 aliphatic carbocycles. The first-order chi connectivity index (χ1) is 13.2. The van der Waals surface area contributed by atoms with Crippen LogP contribution in [0.2, 0.25) is 0 Å². The summed E-state index contributed by atoms with van der Waals surface area (Å²) in [6, 6.07) is 12.9. The highest BCUT2D eigenvalue weighted by Gasteiger charge is 2.17. The summed E-state index contributed by atoms with van der Waals surface area (Å²) in [5.41, 5.74) is 1.71. The largest absolute Gasteiger partial charge is 0.325 e. The van der Waals surface area contributed by atoms with E-state index in [2.05, 4.69) is 10.0 Å². The lowest BCUT2D eigenvalue weighted by Crippen LogP contribution is -2.26. The standard InChI is InChI=1S/C20H26N2O3S3/c1-14(2)20(23)22-18-13-17(9-10-19(18)26-4)28(24,25)21-11-12-27-16-7-5-15(3)6-8-16/h5-10,13-14,21H,11-12H2,1-4H3,(H,22,23). The summed E-state index contributed by atoms with van der Waals surface area (Å²) in [4.78, 5) is 14.1. The Balaban J connectivity index is 2.03. The molecule has 5 nitrogen and oxygen atoms in total. The van der Waals surface area contributed by atoms with Crippen LogP contribution in [0.5, 0.6) is 0 Å². The monoisotopic (exact) mass is 438 g/mol. The van der Waals surface area contributed by atoms with Crippen LogP contribution in [-0.2, 0) is 14.8 Å². The van der Waals surface area contributed by atoms with Gasteiger partial charge < -0.3 is 5.32 Å². The van der Waals surface area contributed by atoms with Gasteiger partial charge in [0.2, 0.25) is 15.9 Å². The van der Waals surface area contributed by atoms with Crippen LogP contribution in [0.15, 0.2) is 57.2 Å². The minimum Gasteiger partial charge on any atom is -0.325 e. The molecule has 2 aromatic carbocycles. The summed E-state index contributed by atoms with van der Waals surface area (Å²) >= 11 is 3.05. The first-order valence-corrected chi connectivity index (χ1v) is 12.6. The third kappa shape index (κ3) is 6.55. The average Bonchev–Trinajstić information content (AvgIpc) is 2.66. The molecule has 0 bridgehead atoms. The zero-order valence-electron chi connectivity index (χ0n) is 16.5. The van der Waals surface area contributed by atoms with Crippen LogP contribution in [0.25, 0.3) is 0 Å². The summed E-state index contributed by atoms with van der Waals surface area (Å²) in [7, 11) is -3.65. The highest BCUT2D eigenvalue weighted by atomic mass is 32.2. The van der Waals surface area contributed by atoms with Gasteiger partial charge in [-0.15, -0.1) is 23.5 Å². The lowest BCUT2D eigenvalue weighted by atomic mass is 10.2. The van der Waals surface area contributed by atoms with Gasteiger partial charge in [0.05, 0.1) is 10.6 Å². The zero-order valence-corrected chi connectivity index (χ0v) is 18.9. The lowest BCUT2D eigenvalue weighted by Gasteiger charge is -2.14. The fraction of sp³-hybridized carbons (Fsp3) is 0.350. The molecule has 0 aliphatic heterocycles. The van der Waals surface area contributed by atoms with Crippen molar-refractivity contribution in [3.05, 3.63) is 48.0 Å². The number of anilines is 1. The van der Waals surface area contributed by atoms with Crippen molar-refractivity contribution in [3.8, 4) is 0 Å². The fourth-order valence-corrected chi connectivity index (χ4v) is 4.78. The molecule has 0 saturated heterocycles. The SMILES string of the molecule is CSc1ccc(S(=O)(=O)NCCSc2ccc(C)cc2)cc1NC(=O)C(C)C. The molecule has 0 radical (unpaired) electrons. The number of rotatable bonds is 9. The van der Waals surface area contributed by atoms with Crippen molar-refractivity contribution in [1.29, 1.82) is 0 Å². The minimum atomic E-state index is -3.65. The van der Waals surface area contributed by atoms with Gasteiger partial charge in [0.15, 0.2) is 0 Å². The Morgan fingerprint density at radius 3 is 2.39 bits per heavy atom. The van der Waals surface area contributed by atoms with Crippen molar-refractivity contribution in [3.63, 3.8) is 0 Å². The Morgan fingerprint density at radius 2 is 1.79 bits per heavy atom. The number of hydrogen-bond donors (Lipinski definition) is 2. The van der Waals surface area contributed by atoms with Crippen LogP contribution in [-0.4, -0.2) is 32.9 Å². The first-order valence-electron chi connectivity index (χ1n) is 8.91. The quantitative estimate of drug-likeness (QED) is 0.449. The van der Waals surface area contributed by atoms with Crippen molar-refractivity contribution in [1.82, 2.24) is 4.72 Å². The van der Waals surface area contributed by atoms with Crippen LogP contribution in [0.3, 0.4) is 0 Å². The topological polar surface area (TPSA) is 75.3 Å². The Morgan fingerprint density at radius 1 is 1.11 bits per heavy atom. The van der Waals surface area contributed by atoms with Gasteiger partial charge in [-0.3, -0.25) is 4.79 Å². The molecule has 2 aromatic rings. The van der Waals surface area contributed by atoms with Gasteiger partial charge in [-0.05, 0) is 43.5 Å². The highest BCUT2D eigenvalue weighted by molar-refractivity contribution is 7.99. The molecule has 0 atom stereocenters. The second-order valence-corrected chi connectivity index (χ2v) is 10.3. The minimum absolute atomic E-state index is 0.143. The molecule has 1 amide bonds. The van der Waals surface area contributed by atoms with E-state index in [0.717, 1.165) is 9.79 Å². The molecule has 8 heteroatoms. The average molecular weight is 439 g/mol. The van der Waals surface area contributed by atoms with Gasteiger partial charge in [-0.25, -0.2) is 13.1 Å². The summed E-state index contributed by atoms with van der Waals surface area (Å²) in [6.07, 6.45) is 1.88. The number of amides is 1. The maximum absolute atomic E-state index is 12.6.